The molecule has 282 valence electrons. The molecule has 16 nitrogen and oxygen atoms in total. The molecule has 3 N–H and O–H groups in total. The van der Waals surface area contributed by atoms with Crippen molar-refractivity contribution < 1.29 is 18.7 Å². The van der Waals surface area contributed by atoms with E-state index >= 15 is 0 Å². The Morgan fingerprint density at radius 1 is 0.945 bits per heavy atom. The number of likely N-dealkylation sites (tertiary alicyclic amines) is 1. The summed E-state index contributed by atoms with van der Waals surface area (Å²) in [5.41, 5.74) is 11.2. The maximum Gasteiger partial charge on any atom is 0.329 e. The fourth-order valence-electron chi connectivity index (χ4n) is 7.82. The van der Waals surface area contributed by atoms with Crippen LogP contribution in [0.15, 0.2) is 73.4 Å². The Morgan fingerprint density at radius 3 is 2.53 bits per heavy atom. The van der Waals surface area contributed by atoms with Gasteiger partial charge < -0.3 is 15.4 Å². The number of fused-ring (bicyclic) bond motifs is 1. The first-order valence-electron chi connectivity index (χ1n) is 18.4. The summed E-state index contributed by atoms with van der Waals surface area (Å²) in [6, 6.07) is 12.8. The van der Waals surface area contributed by atoms with Gasteiger partial charge in [-0.15, -0.1) is 0 Å². The molecular weight excluding hydrogens is 706 g/mol. The molecule has 1 atom stereocenters. The van der Waals surface area contributed by atoms with Crippen molar-refractivity contribution in [3.8, 4) is 22.6 Å². The normalized spacial score (nSPS) is 17.8. The van der Waals surface area contributed by atoms with Gasteiger partial charge in [0.1, 0.15) is 11.9 Å². The highest BCUT2D eigenvalue weighted by Gasteiger charge is 2.35. The lowest BCUT2D eigenvalue weighted by Gasteiger charge is -2.48. The molecule has 3 saturated heterocycles. The van der Waals surface area contributed by atoms with Crippen molar-refractivity contribution in [2.24, 2.45) is 7.05 Å². The highest BCUT2D eigenvalue weighted by molar-refractivity contribution is 6.09. The molecule has 0 spiro atoms. The summed E-state index contributed by atoms with van der Waals surface area (Å²) >= 11 is 0. The minimum absolute atomic E-state index is 0.231. The first kappa shape index (κ1) is 34.4. The van der Waals surface area contributed by atoms with Gasteiger partial charge in [-0.25, -0.2) is 14.2 Å². The number of imide groups is 1. The molecule has 9 rings (SSSR count). The molecule has 3 aliphatic rings. The van der Waals surface area contributed by atoms with Crippen LogP contribution in [0.5, 0.6) is 5.75 Å². The van der Waals surface area contributed by atoms with Crippen LogP contribution >= 0.6 is 0 Å². The number of aryl methyl sites for hydroxylation is 1. The number of nitrogens with one attached hydrogen (secondary N) is 1. The Morgan fingerprint density at radius 2 is 1.75 bits per heavy atom. The minimum Gasteiger partial charge on any atom is -0.482 e. The Bertz CT molecular complexity index is 2400. The number of benzene rings is 2. The number of piperidine rings is 1. The van der Waals surface area contributed by atoms with E-state index in [1.807, 2.05) is 32.3 Å². The van der Waals surface area contributed by atoms with Gasteiger partial charge in [0.05, 0.1) is 35.8 Å². The summed E-state index contributed by atoms with van der Waals surface area (Å²) in [5, 5.41) is 21.0. The Labute approximate surface area is 315 Å². The fraction of sp³-hybridized carbons (Fsp3) is 0.342. The quantitative estimate of drug-likeness (QED) is 0.217. The molecule has 55 heavy (non-hydrogen) atoms. The number of nitrogens with zero attached hydrogens (tertiary/aromatic N) is 11. The zero-order valence-electron chi connectivity index (χ0n) is 30.4. The van der Waals surface area contributed by atoms with Crippen LogP contribution in [0.1, 0.15) is 43.9 Å². The maximum absolute atomic E-state index is 14.3. The number of pyridine rings is 1. The number of hydrogen-bond donors (Lipinski definition) is 2. The number of ether oxygens (including phenoxy) is 1. The van der Waals surface area contributed by atoms with Crippen molar-refractivity contribution in [1.29, 1.82) is 0 Å². The predicted molar refractivity (Wildman–Crippen MR) is 202 cm³/mol. The molecule has 0 saturated carbocycles. The maximum atomic E-state index is 14.3. The smallest absolute Gasteiger partial charge is 0.329 e. The second-order valence-corrected chi connectivity index (χ2v) is 14.3. The third-order valence-corrected chi connectivity index (χ3v) is 10.9. The van der Waals surface area contributed by atoms with Crippen LogP contribution in [0.2, 0.25) is 0 Å². The molecule has 17 heteroatoms. The van der Waals surface area contributed by atoms with Gasteiger partial charge in [0.15, 0.2) is 17.4 Å². The Hall–Kier alpha value is -6.36. The summed E-state index contributed by atoms with van der Waals surface area (Å²) in [4.78, 5) is 36.4. The molecule has 0 radical (unpaired) electrons. The van der Waals surface area contributed by atoms with Crippen molar-refractivity contribution >= 4 is 40.2 Å². The topological polar surface area (TPSA) is 170 Å². The van der Waals surface area contributed by atoms with E-state index in [2.05, 4.69) is 58.4 Å². The molecule has 0 bridgehead atoms. The van der Waals surface area contributed by atoms with Crippen LogP contribution in [0, 0.1) is 5.82 Å². The zero-order chi connectivity index (χ0) is 37.8. The number of urea groups is 1. The molecule has 0 unspecified atom stereocenters. The predicted octanol–water partition coefficient (Wildman–Crippen LogP) is 4.25. The van der Waals surface area contributed by atoms with E-state index in [1.54, 1.807) is 29.3 Å². The standard InChI is InChI=1S/C38H40FN13O3/c1-23(31-16-26(39)3-6-32(31)52-42-10-11-43-52)55-34-15-24(18-41-36(34)40)25-19-44-51(20-25)27-7-12-48(13-8-27)29-21-49(22-29)28-4-5-30-33(17-28)47(2)46-37(30)50-14-9-35(53)45-38(50)54/h3-6,10-11,15-20,23,27,29H,7-9,12-14,21-22H2,1-2H3,(H2,40,41)(H,45,53,54)/t23-/m0/s1. The van der Waals surface area contributed by atoms with E-state index in [-0.39, 0.29) is 24.2 Å². The third-order valence-electron chi connectivity index (χ3n) is 10.9. The average Bonchev–Trinajstić information content (AvgIpc) is 3.94. The van der Waals surface area contributed by atoms with Gasteiger partial charge >= 0.3 is 6.03 Å². The first-order chi connectivity index (χ1) is 26.7. The zero-order valence-corrected chi connectivity index (χ0v) is 30.4. The summed E-state index contributed by atoms with van der Waals surface area (Å²) in [5.74, 6) is 0.531. The third kappa shape index (κ3) is 6.49. The van der Waals surface area contributed by atoms with Crippen molar-refractivity contribution in [2.45, 2.75) is 44.4 Å². The van der Waals surface area contributed by atoms with Gasteiger partial charge in [0.25, 0.3) is 0 Å². The highest BCUT2D eigenvalue weighted by Crippen LogP contribution is 2.36. The van der Waals surface area contributed by atoms with Crippen LogP contribution in [0.3, 0.4) is 0 Å². The van der Waals surface area contributed by atoms with E-state index in [1.165, 1.54) is 21.8 Å². The largest absolute Gasteiger partial charge is 0.482 e. The Kier molecular flexibility index (Phi) is 8.64. The van der Waals surface area contributed by atoms with Gasteiger partial charge in [-0.1, -0.05) is 0 Å². The number of amides is 3. The number of aromatic nitrogens is 8. The van der Waals surface area contributed by atoms with Gasteiger partial charge in [-0.3, -0.25) is 29.3 Å². The van der Waals surface area contributed by atoms with Crippen molar-refractivity contribution in [3.05, 3.63) is 84.8 Å². The summed E-state index contributed by atoms with van der Waals surface area (Å²) in [6.45, 7) is 5.99. The molecule has 2 aromatic carbocycles. The van der Waals surface area contributed by atoms with Crippen LogP contribution in [0.4, 0.5) is 26.5 Å². The first-order valence-corrected chi connectivity index (χ1v) is 18.4. The number of carbonyl (C=O) groups excluding carboxylic acids is 2. The fourth-order valence-corrected chi connectivity index (χ4v) is 7.82. The van der Waals surface area contributed by atoms with E-state index in [0.717, 1.165) is 66.7 Å². The number of nitrogens with two attached hydrogens (primary N) is 1. The Balaban J connectivity index is 0.811. The average molecular weight is 746 g/mol. The van der Waals surface area contributed by atoms with Gasteiger partial charge in [-0.05, 0) is 62.2 Å². The number of carbonyl (C=O) groups is 2. The van der Waals surface area contributed by atoms with E-state index in [9.17, 15) is 14.0 Å². The van der Waals surface area contributed by atoms with Gasteiger partial charge in [-0.2, -0.15) is 25.2 Å². The van der Waals surface area contributed by atoms with Gasteiger partial charge in [0.2, 0.25) is 5.91 Å². The number of nitrogen functional groups attached to an aromatic ring is 1. The lowest BCUT2D eigenvalue weighted by Crippen LogP contribution is -2.61. The summed E-state index contributed by atoms with van der Waals surface area (Å²) in [7, 11) is 1.88. The molecule has 7 heterocycles. The van der Waals surface area contributed by atoms with Crippen LogP contribution in [-0.2, 0) is 11.8 Å². The minimum atomic E-state index is -0.574. The van der Waals surface area contributed by atoms with Crippen LogP contribution in [-0.4, -0.2) is 95.1 Å². The molecular formula is C38H40FN13O3. The lowest BCUT2D eigenvalue weighted by atomic mass is 9.99. The summed E-state index contributed by atoms with van der Waals surface area (Å²) in [6.07, 6.45) is 10.4. The SMILES string of the molecule is C[C@H](Oc1cc(-c2cnn(C3CCN(C4CN(c5ccc6c(N7CCC(=O)NC7=O)nn(C)c6c5)C4)CC3)c2)cnc1N)c1cc(F)ccc1-n1nccn1. The van der Waals surface area contributed by atoms with Gasteiger partial charge in [0, 0.05) is 92.4 Å². The molecule has 3 amide bonds. The number of hydrogen-bond acceptors (Lipinski definition) is 11. The molecule has 3 aliphatic heterocycles. The monoisotopic (exact) mass is 745 g/mol. The molecule has 6 aromatic rings. The van der Waals surface area contributed by atoms with E-state index in [4.69, 9.17) is 15.6 Å². The molecule has 3 fully saturated rings. The van der Waals surface area contributed by atoms with Crippen molar-refractivity contribution in [3.63, 3.8) is 0 Å². The second kappa shape index (κ2) is 13.8. The van der Waals surface area contributed by atoms with Crippen LogP contribution < -0.4 is 25.6 Å². The molecule has 0 aliphatic carbocycles. The van der Waals surface area contributed by atoms with E-state index in [0.29, 0.717) is 35.4 Å². The van der Waals surface area contributed by atoms with Crippen molar-refractivity contribution in [1.82, 2.24) is 49.8 Å². The second-order valence-electron chi connectivity index (χ2n) is 14.3. The van der Waals surface area contributed by atoms with E-state index < -0.39 is 18.0 Å². The molecule has 4 aromatic heterocycles. The number of anilines is 3. The summed E-state index contributed by atoms with van der Waals surface area (Å²) < 4.78 is 24.4. The van der Waals surface area contributed by atoms with Crippen LogP contribution in [0.25, 0.3) is 27.7 Å². The van der Waals surface area contributed by atoms with Crippen molar-refractivity contribution in [2.75, 3.05) is 48.3 Å². The number of halogens is 1. The lowest BCUT2D eigenvalue weighted by molar-refractivity contribution is -0.120. The highest BCUT2D eigenvalue weighted by atomic mass is 19.1. The number of rotatable bonds is 9.